The number of likely N-dealkylation sites (N-methyl/N-ethyl adjacent to an activating group) is 1. The molecule has 0 bridgehead atoms. The van der Waals surface area contributed by atoms with Gasteiger partial charge in [0.15, 0.2) is 0 Å². The van der Waals surface area contributed by atoms with Gasteiger partial charge in [-0.05, 0) is 46.6 Å². The molecular formula is C19H37N5O5. The van der Waals surface area contributed by atoms with E-state index in [4.69, 9.17) is 10.5 Å². The van der Waals surface area contributed by atoms with Gasteiger partial charge < -0.3 is 31.7 Å². The number of esters is 1. The second-order valence-corrected chi connectivity index (χ2v) is 8.18. The van der Waals surface area contributed by atoms with E-state index >= 15 is 0 Å². The molecule has 0 rings (SSSR count). The summed E-state index contributed by atoms with van der Waals surface area (Å²) >= 11 is 0. The summed E-state index contributed by atoms with van der Waals surface area (Å²) in [5, 5.41) is 10.8. The maximum absolute atomic E-state index is 12.5. The molecule has 0 spiro atoms. The lowest BCUT2D eigenvalue weighted by Gasteiger charge is -2.24. The molecule has 6 N–H and O–H groups in total. The zero-order chi connectivity index (χ0) is 22.6. The van der Waals surface area contributed by atoms with E-state index in [9.17, 15) is 19.2 Å². The van der Waals surface area contributed by atoms with Gasteiger partial charge in [0, 0.05) is 6.54 Å². The molecule has 0 aliphatic carbocycles. The fourth-order valence-corrected chi connectivity index (χ4v) is 2.47. The van der Waals surface area contributed by atoms with Gasteiger partial charge in [-0.15, -0.1) is 0 Å². The number of carbonyl (C=O) groups excluding carboxylic acids is 4. The molecule has 0 saturated carbocycles. The number of amides is 4. The Kier molecular flexibility index (Phi) is 11.9. The highest BCUT2D eigenvalue weighted by atomic mass is 16.5. The molecule has 0 saturated heterocycles. The summed E-state index contributed by atoms with van der Waals surface area (Å²) in [5.74, 6) is -0.993. The van der Waals surface area contributed by atoms with Crippen LogP contribution >= 0.6 is 0 Å². The summed E-state index contributed by atoms with van der Waals surface area (Å²) < 4.78 is 5.12. The predicted molar refractivity (Wildman–Crippen MR) is 110 cm³/mol. The molecule has 168 valence electrons. The molecule has 0 radical (unpaired) electrons. The Balaban J connectivity index is 4.76. The predicted octanol–water partition coefficient (Wildman–Crippen LogP) is -0.131. The van der Waals surface area contributed by atoms with Crippen LogP contribution in [0.2, 0.25) is 0 Å². The molecule has 4 amide bonds. The number of rotatable bonds is 12. The molecule has 0 aromatic heterocycles. The van der Waals surface area contributed by atoms with Gasteiger partial charge in [0.1, 0.15) is 12.6 Å². The first kappa shape index (κ1) is 26.6. The van der Waals surface area contributed by atoms with Crippen molar-refractivity contribution in [2.45, 2.75) is 59.5 Å². The van der Waals surface area contributed by atoms with E-state index in [1.54, 1.807) is 27.8 Å². The van der Waals surface area contributed by atoms with Gasteiger partial charge in [-0.3, -0.25) is 14.4 Å². The lowest BCUT2D eigenvalue weighted by molar-refractivity contribution is -0.153. The summed E-state index contributed by atoms with van der Waals surface area (Å²) in [5.41, 5.74) is 4.41. The third kappa shape index (κ3) is 11.3. The highest BCUT2D eigenvalue weighted by Gasteiger charge is 2.26. The first-order valence-electron chi connectivity index (χ1n) is 9.86. The lowest BCUT2D eigenvalue weighted by Crippen LogP contribution is -2.54. The molecule has 29 heavy (non-hydrogen) atoms. The SMILES string of the molecule is CNC(C(=O)NC(CCCNC(N)=O)C(=O)NCCOC(=O)C(C)(C)C)C(C)C. The lowest BCUT2D eigenvalue weighted by atomic mass is 9.97. The average molecular weight is 416 g/mol. The maximum Gasteiger partial charge on any atom is 0.312 e. The minimum Gasteiger partial charge on any atom is -0.463 e. The number of hydrogen-bond acceptors (Lipinski definition) is 6. The van der Waals surface area contributed by atoms with Crippen LogP contribution in [-0.4, -0.2) is 62.6 Å². The van der Waals surface area contributed by atoms with Crippen LogP contribution in [0.15, 0.2) is 0 Å². The Morgan fingerprint density at radius 3 is 2.10 bits per heavy atom. The second kappa shape index (κ2) is 13.0. The number of primary amides is 1. The zero-order valence-corrected chi connectivity index (χ0v) is 18.4. The average Bonchev–Trinajstić information content (AvgIpc) is 2.59. The van der Waals surface area contributed by atoms with Crippen molar-refractivity contribution < 1.29 is 23.9 Å². The summed E-state index contributed by atoms with van der Waals surface area (Å²) in [6.45, 7) is 9.48. The molecule has 0 aliphatic heterocycles. The highest BCUT2D eigenvalue weighted by molar-refractivity contribution is 5.89. The van der Waals surface area contributed by atoms with Crippen molar-refractivity contribution in [1.29, 1.82) is 0 Å². The Labute approximate surface area is 173 Å². The first-order valence-corrected chi connectivity index (χ1v) is 9.86. The Morgan fingerprint density at radius 1 is 1.00 bits per heavy atom. The van der Waals surface area contributed by atoms with E-state index in [1.807, 2.05) is 13.8 Å². The van der Waals surface area contributed by atoms with Crippen LogP contribution in [0.5, 0.6) is 0 Å². The van der Waals surface area contributed by atoms with Crippen LogP contribution in [-0.2, 0) is 19.1 Å². The minimum atomic E-state index is -0.787. The van der Waals surface area contributed by atoms with Crippen molar-refractivity contribution in [3.63, 3.8) is 0 Å². The largest absolute Gasteiger partial charge is 0.463 e. The fourth-order valence-electron chi connectivity index (χ4n) is 2.47. The number of urea groups is 1. The van der Waals surface area contributed by atoms with Crippen LogP contribution in [0, 0.1) is 11.3 Å². The van der Waals surface area contributed by atoms with Gasteiger partial charge in [-0.25, -0.2) is 4.79 Å². The van der Waals surface area contributed by atoms with Gasteiger partial charge in [0.25, 0.3) is 0 Å². The van der Waals surface area contributed by atoms with E-state index in [0.717, 1.165) is 0 Å². The monoisotopic (exact) mass is 415 g/mol. The molecule has 0 aromatic rings. The molecule has 0 aliphatic rings. The van der Waals surface area contributed by atoms with Crippen LogP contribution < -0.4 is 27.0 Å². The zero-order valence-electron chi connectivity index (χ0n) is 18.4. The number of nitrogens with two attached hydrogens (primary N) is 1. The number of nitrogens with one attached hydrogen (secondary N) is 4. The summed E-state index contributed by atoms with van der Waals surface area (Å²) in [6, 6.07) is -1.88. The minimum absolute atomic E-state index is 0.0386. The fraction of sp³-hybridized carbons (Fsp3) is 0.789. The van der Waals surface area contributed by atoms with E-state index < -0.39 is 23.5 Å². The van der Waals surface area contributed by atoms with Crippen molar-refractivity contribution in [3.8, 4) is 0 Å². The molecular weight excluding hydrogens is 378 g/mol. The van der Waals surface area contributed by atoms with Crippen molar-refractivity contribution >= 4 is 23.8 Å². The number of carbonyl (C=O) groups is 4. The van der Waals surface area contributed by atoms with Crippen molar-refractivity contribution in [2.24, 2.45) is 17.1 Å². The second-order valence-electron chi connectivity index (χ2n) is 8.18. The summed E-state index contributed by atoms with van der Waals surface area (Å²) in [4.78, 5) is 47.5. The molecule has 2 unspecified atom stereocenters. The Morgan fingerprint density at radius 2 is 1.62 bits per heavy atom. The Bertz CT molecular complexity index is 560. The van der Waals surface area contributed by atoms with Crippen LogP contribution in [0.25, 0.3) is 0 Å². The van der Waals surface area contributed by atoms with E-state index in [-0.39, 0.29) is 43.4 Å². The molecule has 2 atom stereocenters. The molecule has 10 heteroatoms. The van der Waals surface area contributed by atoms with Gasteiger partial charge in [-0.2, -0.15) is 0 Å². The van der Waals surface area contributed by atoms with Crippen LogP contribution in [0.4, 0.5) is 4.79 Å². The van der Waals surface area contributed by atoms with Crippen LogP contribution in [0.1, 0.15) is 47.5 Å². The van der Waals surface area contributed by atoms with Gasteiger partial charge >= 0.3 is 12.0 Å². The van der Waals surface area contributed by atoms with Gasteiger partial charge in [0.05, 0.1) is 18.0 Å². The van der Waals surface area contributed by atoms with E-state index in [2.05, 4.69) is 21.3 Å². The third-order valence-electron chi connectivity index (χ3n) is 4.11. The van der Waals surface area contributed by atoms with Gasteiger partial charge in [-0.1, -0.05) is 13.8 Å². The van der Waals surface area contributed by atoms with Crippen molar-refractivity contribution in [3.05, 3.63) is 0 Å². The number of hydrogen-bond donors (Lipinski definition) is 5. The summed E-state index contributed by atoms with van der Waals surface area (Å²) in [7, 11) is 1.68. The normalized spacial score (nSPS) is 13.3. The highest BCUT2D eigenvalue weighted by Crippen LogP contribution is 2.14. The van der Waals surface area contributed by atoms with E-state index in [0.29, 0.717) is 12.8 Å². The maximum atomic E-state index is 12.5. The van der Waals surface area contributed by atoms with Crippen LogP contribution in [0.3, 0.4) is 0 Å². The smallest absolute Gasteiger partial charge is 0.312 e. The third-order valence-corrected chi connectivity index (χ3v) is 4.11. The molecule has 0 fully saturated rings. The van der Waals surface area contributed by atoms with E-state index in [1.165, 1.54) is 0 Å². The topological polar surface area (TPSA) is 152 Å². The summed E-state index contributed by atoms with van der Waals surface area (Å²) in [6.07, 6.45) is 0.764. The molecule has 0 heterocycles. The van der Waals surface area contributed by atoms with Gasteiger partial charge in [0.2, 0.25) is 11.8 Å². The molecule has 0 aromatic carbocycles. The van der Waals surface area contributed by atoms with Crippen molar-refractivity contribution in [2.75, 3.05) is 26.7 Å². The number of ether oxygens (including phenoxy) is 1. The standard InChI is InChI=1S/C19H37N5O5/c1-12(2)14(21-6)16(26)24-13(8-7-9-23-18(20)28)15(25)22-10-11-29-17(27)19(3,4)5/h12-14,21H,7-11H2,1-6H3,(H,22,25)(H,24,26)(H3,20,23,28). The quantitative estimate of drug-likeness (QED) is 0.221. The first-order chi connectivity index (χ1) is 13.4. The molecule has 10 nitrogen and oxygen atoms in total. The van der Waals surface area contributed by atoms with Crippen molar-refractivity contribution in [1.82, 2.24) is 21.3 Å². The Hall–Kier alpha value is -2.36.